The van der Waals surface area contributed by atoms with Crippen LogP contribution >= 0.6 is 31.9 Å². The molecule has 0 radical (unpaired) electrons. The molecule has 0 amide bonds. The maximum absolute atomic E-state index is 5.76. The molecule has 0 aliphatic heterocycles. The Morgan fingerprint density at radius 1 is 1.16 bits per heavy atom. The van der Waals surface area contributed by atoms with Gasteiger partial charge in [-0.25, -0.2) is 4.98 Å². The highest BCUT2D eigenvalue weighted by atomic mass is 79.9. The first-order chi connectivity index (χ1) is 8.95. The number of nitrogens with zero attached hydrogens (tertiary/aromatic N) is 2. The zero-order valence-electron chi connectivity index (χ0n) is 10.5. The van der Waals surface area contributed by atoms with Gasteiger partial charge in [-0.15, -0.1) is 0 Å². The van der Waals surface area contributed by atoms with Crippen molar-refractivity contribution >= 4 is 37.7 Å². The number of hydrogen-bond acceptors (Lipinski definition) is 4. The summed E-state index contributed by atoms with van der Waals surface area (Å²) in [4.78, 5) is 8.52. The van der Waals surface area contributed by atoms with Gasteiger partial charge >= 0.3 is 0 Å². The number of hydrogen-bond donors (Lipinski definition) is 1. The van der Waals surface area contributed by atoms with E-state index in [1.165, 1.54) is 0 Å². The molecule has 0 saturated carbocycles. The van der Waals surface area contributed by atoms with Gasteiger partial charge in [0.1, 0.15) is 17.4 Å². The van der Waals surface area contributed by atoms with Crippen molar-refractivity contribution in [2.45, 2.75) is 19.8 Å². The number of benzene rings is 1. The van der Waals surface area contributed by atoms with Gasteiger partial charge in [0.2, 0.25) is 5.88 Å². The Morgan fingerprint density at radius 3 is 2.53 bits per heavy atom. The van der Waals surface area contributed by atoms with E-state index in [1.807, 2.05) is 32.0 Å². The highest BCUT2D eigenvalue weighted by Gasteiger charge is 2.10. The Hall–Kier alpha value is -1.14. The van der Waals surface area contributed by atoms with E-state index in [1.54, 1.807) is 6.07 Å². The summed E-state index contributed by atoms with van der Waals surface area (Å²) >= 11 is 6.83. The molecule has 0 bridgehead atoms. The number of aromatic nitrogens is 2. The normalized spacial score (nSPS) is 10.8. The van der Waals surface area contributed by atoms with E-state index in [2.05, 4.69) is 41.8 Å². The first-order valence-corrected chi connectivity index (χ1v) is 7.31. The Morgan fingerprint density at radius 2 is 1.89 bits per heavy atom. The predicted octanol–water partition coefficient (Wildman–Crippen LogP) is 4.50. The van der Waals surface area contributed by atoms with Crippen LogP contribution in [0.1, 0.15) is 25.6 Å². The number of rotatable bonds is 3. The second-order valence-corrected chi connectivity index (χ2v) is 6.09. The topological polar surface area (TPSA) is 61.0 Å². The fourth-order valence-electron chi connectivity index (χ4n) is 1.44. The van der Waals surface area contributed by atoms with E-state index in [0.29, 0.717) is 23.3 Å². The van der Waals surface area contributed by atoms with Gasteiger partial charge in [0.05, 0.1) is 4.47 Å². The third-order valence-corrected chi connectivity index (χ3v) is 3.48. The van der Waals surface area contributed by atoms with E-state index in [-0.39, 0.29) is 5.92 Å². The summed E-state index contributed by atoms with van der Waals surface area (Å²) in [6, 6.07) is 7.26. The summed E-state index contributed by atoms with van der Waals surface area (Å²) in [5, 5.41) is 0. The lowest BCUT2D eigenvalue weighted by Crippen LogP contribution is -2.03. The van der Waals surface area contributed by atoms with Crippen LogP contribution < -0.4 is 10.5 Å². The zero-order chi connectivity index (χ0) is 14.0. The van der Waals surface area contributed by atoms with Crippen molar-refractivity contribution in [3.63, 3.8) is 0 Å². The van der Waals surface area contributed by atoms with Crippen molar-refractivity contribution in [1.29, 1.82) is 0 Å². The van der Waals surface area contributed by atoms with Gasteiger partial charge in [0.25, 0.3) is 0 Å². The molecule has 2 N–H and O–H groups in total. The lowest BCUT2D eigenvalue weighted by molar-refractivity contribution is 0.454. The fourth-order valence-corrected chi connectivity index (χ4v) is 2.57. The van der Waals surface area contributed by atoms with Crippen molar-refractivity contribution in [2.75, 3.05) is 5.73 Å². The largest absolute Gasteiger partial charge is 0.438 e. The molecule has 19 heavy (non-hydrogen) atoms. The minimum Gasteiger partial charge on any atom is -0.438 e. The summed E-state index contributed by atoms with van der Waals surface area (Å²) < 4.78 is 7.54. The molecule has 0 unspecified atom stereocenters. The third kappa shape index (κ3) is 3.67. The van der Waals surface area contributed by atoms with Crippen molar-refractivity contribution < 1.29 is 4.74 Å². The van der Waals surface area contributed by atoms with E-state index in [9.17, 15) is 0 Å². The standard InChI is InChI=1S/C13H13Br2N3O/c1-7(2)13-17-11(16)6-12(18-13)19-10-4-3-8(14)5-9(10)15/h3-7H,1-2H3,(H2,16,17,18). The summed E-state index contributed by atoms with van der Waals surface area (Å²) in [7, 11) is 0. The number of ether oxygens (including phenoxy) is 1. The molecular weight excluding hydrogens is 374 g/mol. The molecule has 2 rings (SSSR count). The molecule has 0 atom stereocenters. The molecule has 1 aromatic heterocycles. The molecular formula is C13H13Br2N3O. The molecule has 0 aliphatic carbocycles. The van der Waals surface area contributed by atoms with Crippen LogP contribution in [0.15, 0.2) is 33.2 Å². The van der Waals surface area contributed by atoms with Crippen molar-refractivity contribution in [2.24, 2.45) is 0 Å². The highest BCUT2D eigenvalue weighted by molar-refractivity contribution is 9.11. The van der Waals surface area contributed by atoms with Gasteiger partial charge in [0, 0.05) is 16.5 Å². The SMILES string of the molecule is CC(C)c1nc(N)cc(Oc2ccc(Br)cc2Br)n1. The van der Waals surface area contributed by atoms with Crippen LogP contribution in [0.5, 0.6) is 11.6 Å². The Bertz CT molecular complexity index is 602. The Labute approximate surface area is 128 Å². The molecule has 2 aromatic rings. The quantitative estimate of drug-likeness (QED) is 0.843. The van der Waals surface area contributed by atoms with Crippen LogP contribution in [0.2, 0.25) is 0 Å². The maximum atomic E-state index is 5.76. The summed E-state index contributed by atoms with van der Waals surface area (Å²) in [5.41, 5.74) is 5.76. The predicted molar refractivity (Wildman–Crippen MR) is 82.4 cm³/mol. The maximum Gasteiger partial charge on any atom is 0.224 e. The van der Waals surface area contributed by atoms with E-state index in [0.717, 1.165) is 8.95 Å². The number of nitrogens with two attached hydrogens (primary N) is 1. The van der Waals surface area contributed by atoms with Gasteiger partial charge in [0.15, 0.2) is 0 Å². The Balaban J connectivity index is 2.32. The molecule has 0 spiro atoms. The number of anilines is 1. The monoisotopic (exact) mass is 385 g/mol. The van der Waals surface area contributed by atoms with Gasteiger partial charge in [-0.2, -0.15) is 4.98 Å². The molecule has 100 valence electrons. The van der Waals surface area contributed by atoms with Crippen molar-refractivity contribution in [1.82, 2.24) is 9.97 Å². The van der Waals surface area contributed by atoms with Crippen LogP contribution in [-0.2, 0) is 0 Å². The summed E-state index contributed by atoms with van der Waals surface area (Å²) in [6.07, 6.45) is 0. The zero-order valence-corrected chi connectivity index (χ0v) is 13.7. The number of nitrogen functional groups attached to an aromatic ring is 1. The first-order valence-electron chi connectivity index (χ1n) is 5.73. The van der Waals surface area contributed by atoms with Crippen LogP contribution in [0.25, 0.3) is 0 Å². The lowest BCUT2D eigenvalue weighted by Gasteiger charge is -2.10. The molecule has 0 aliphatic rings. The average Bonchev–Trinajstić information content (AvgIpc) is 2.32. The van der Waals surface area contributed by atoms with Crippen molar-refractivity contribution in [3.8, 4) is 11.6 Å². The molecule has 1 heterocycles. The van der Waals surface area contributed by atoms with Crippen LogP contribution in [0.4, 0.5) is 5.82 Å². The van der Waals surface area contributed by atoms with Gasteiger partial charge in [-0.3, -0.25) is 0 Å². The smallest absolute Gasteiger partial charge is 0.224 e. The molecule has 4 nitrogen and oxygen atoms in total. The van der Waals surface area contributed by atoms with Crippen LogP contribution in [0, 0.1) is 0 Å². The van der Waals surface area contributed by atoms with Gasteiger partial charge in [-0.1, -0.05) is 29.8 Å². The Kier molecular flexibility index (Phi) is 4.42. The van der Waals surface area contributed by atoms with Crippen LogP contribution in [-0.4, -0.2) is 9.97 Å². The van der Waals surface area contributed by atoms with Crippen LogP contribution in [0.3, 0.4) is 0 Å². The fraction of sp³-hybridized carbons (Fsp3) is 0.231. The molecule has 0 saturated heterocycles. The average molecular weight is 387 g/mol. The van der Waals surface area contributed by atoms with E-state index >= 15 is 0 Å². The second kappa shape index (κ2) is 5.88. The van der Waals surface area contributed by atoms with Crippen molar-refractivity contribution in [3.05, 3.63) is 39.0 Å². The summed E-state index contributed by atoms with van der Waals surface area (Å²) in [5.74, 6) is 2.39. The lowest BCUT2D eigenvalue weighted by atomic mass is 10.2. The van der Waals surface area contributed by atoms with E-state index < -0.39 is 0 Å². The van der Waals surface area contributed by atoms with E-state index in [4.69, 9.17) is 10.5 Å². The summed E-state index contributed by atoms with van der Waals surface area (Å²) in [6.45, 7) is 4.02. The highest BCUT2D eigenvalue weighted by Crippen LogP contribution is 2.32. The minimum atomic E-state index is 0.194. The molecule has 1 aromatic carbocycles. The third-order valence-electron chi connectivity index (χ3n) is 2.36. The number of halogens is 2. The van der Waals surface area contributed by atoms with Gasteiger partial charge < -0.3 is 10.5 Å². The first kappa shape index (κ1) is 14.3. The second-order valence-electron chi connectivity index (χ2n) is 4.32. The van der Waals surface area contributed by atoms with Gasteiger partial charge in [-0.05, 0) is 34.1 Å². The molecule has 0 fully saturated rings. The molecule has 6 heteroatoms. The minimum absolute atomic E-state index is 0.194.